The van der Waals surface area contributed by atoms with Gasteiger partial charge < -0.3 is 4.42 Å². The molecule has 0 aliphatic carbocycles. The summed E-state index contributed by atoms with van der Waals surface area (Å²) in [5, 5.41) is 9.20. The van der Waals surface area contributed by atoms with Crippen molar-refractivity contribution in [2.45, 2.75) is 17.2 Å². The molecule has 0 amide bonds. The van der Waals surface area contributed by atoms with Gasteiger partial charge in [0.25, 0.3) is 5.22 Å². The first-order valence-corrected chi connectivity index (χ1v) is 5.04. The van der Waals surface area contributed by atoms with Crippen LogP contribution in [-0.2, 0) is 0 Å². The lowest BCUT2D eigenvalue weighted by Crippen LogP contribution is -1.79. The summed E-state index contributed by atoms with van der Waals surface area (Å²) in [5.41, 5.74) is 0. The van der Waals surface area contributed by atoms with E-state index >= 15 is 0 Å². The second kappa shape index (κ2) is 3.98. The summed E-state index contributed by atoms with van der Waals surface area (Å²) in [7, 11) is 0. The number of halogens is 1. The Bertz CT molecular complexity index is 446. The predicted octanol–water partition coefficient (Wildman–Crippen LogP) is 2.58. The molecule has 6 heteroatoms. The third kappa shape index (κ3) is 2.24. The Morgan fingerprint density at radius 1 is 1.36 bits per heavy atom. The maximum absolute atomic E-state index is 5.73. The van der Waals surface area contributed by atoms with Crippen molar-refractivity contribution in [3.8, 4) is 0 Å². The SMILES string of the molecule is Cc1nnc(Sc2cccc(Cl)n2)o1. The van der Waals surface area contributed by atoms with Gasteiger partial charge in [0.15, 0.2) is 0 Å². The summed E-state index contributed by atoms with van der Waals surface area (Å²) in [6.07, 6.45) is 0. The van der Waals surface area contributed by atoms with Crippen molar-refractivity contribution in [3.05, 3.63) is 29.2 Å². The number of nitrogens with zero attached hydrogens (tertiary/aromatic N) is 3. The first-order chi connectivity index (χ1) is 6.74. The van der Waals surface area contributed by atoms with Gasteiger partial charge in [-0.05, 0) is 23.9 Å². The van der Waals surface area contributed by atoms with Gasteiger partial charge in [-0.15, -0.1) is 10.2 Å². The molecule has 0 atom stereocenters. The fourth-order valence-electron chi connectivity index (χ4n) is 0.856. The van der Waals surface area contributed by atoms with E-state index in [1.165, 1.54) is 11.8 Å². The summed E-state index contributed by atoms with van der Waals surface area (Å²) in [4.78, 5) is 4.08. The minimum atomic E-state index is 0.450. The van der Waals surface area contributed by atoms with E-state index in [1.807, 2.05) is 12.1 Å². The van der Waals surface area contributed by atoms with Crippen molar-refractivity contribution in [2.24, 2.45) is 0 Å². The molecular formula is C8H6ClN3OS. The number of hydrogen-bond acceptors (Lipinski definition) is 5. The number of aromatic nitrogens is 3. The summed E-state index contributed by atoms with van der Waals surface area (Å²) in [6.45, 7) is 1.74. The van der Waals surface area contributed by atoms with Gasteiger partial charge in [0.1, 0.15) is 10.2 Å². The van der Waals surface area contributed by atoms with E-state index in [4.69, 9.17) is 16.0 Å². The fraction of sp³-hybridized carbons (Fsp3) is 0.125. The normalized spacial score (nSPS) is 10.4. The van der Waals surface area contributed by atoms with Crippen LogP contribution in [0.3, 0.4) is 0 Å². The van der Waals surface area contributed by atoms with Gasteiger partial charge in [0.2, 0.25) is 5.89 Å². The zero-order chi connectivity index (χ0) is 9.97. The van der Waals surface area contributed by atoms with E-state index in [0.717, 1.165) is 5.03 Å². The van der Waals surface area contributed by atoms with Gasteiger partial charge in [-0.1, -0.05) is 17.7 Å². The molecule has 2 rings (SSSR count). The molecule has 0 N–H and O–H groups in total. The highest BCUT2D eigenvalue weighted by Gasteiger charge is 2.05. The van der Waals surface area contributed by atoms with Gasteiger partial charge in [0, 0.05) is 6.92 Å². The number of pyridine rings is 1. The van der Waals surface area contributed by atoms with Crippen LogP contribution in [0.25, 0.3) is 0 Å². The minimum absolute atomic E-state index is 0.450. The Balaban J connectivity index is 2.18. The van der Waals surface area contributed by atoms with Crippen molar-refractivity contribution >= 4 is 23.4 Å². The number of hydrogen-bond donors (Lipinski definition) is 0. The van der Waals surface area contributed by atoms with E-state index in [0.29, 0.717) is 16.3 Å². The quantitative estimate of drug-likeness (QED) is 0.738. The summed E-state index contributed by atoms with van der Waals surface area (Å²) < 4.78 is 5.18. The molecular weight excluding hydrogens is 222 g/mol. The molecule has 14 heavy (non-hydrogen) atoms. The fourth-order valence-corrected chi connectivity index (χ4v) is 1.78. The Morgan fingerprint density at radius 2 is 2.21 bits per heavy atom. The zero-order valence-electron chi connectivity index (χ0n) is 7.27. The Morgan fingerprint density at radius 3 is 2.86 bits per heavy atom. The number of rotatable bonds is 2. The Kier molecular flexibility index (Phi) is 2.69. The van der Waals surface area contributed by atoms with E-state index in [9.17, 15) is 0 Å². The lowest BCUT2D eigenvalue weighted by molar-refractivity contribution is 0.429. The lowest BCUT2D eigenvalue weighted by Gasteiger charge is -1.94. The third-order valence-corrected chi connectivity index (χ3v) is 2.38. The lowest BCUT2D eigenvalue weighted by atomic mass is 10.5. The summed E-state index contributed by atoms with van der Waals surface area (Å²) in [5.74, 6) is 0.537. The molecule has 0 radical (unpaired) electrons. The van der Waals surface area contributed by atoms with Crippen LogP contribution < -0.4 is 0 Å². The van der Waals surface area contributed by atoms with Crippen LogP contribution >= 0.6 is 23.4 Å². The van der Waals surface area contributed by atoms with E-state index in [-0.39, 0.29) is 0 Å². The average molecular weight is 228 g/mol. The minimum Gasteiger partial charge on any atom is -0.416 e. The Hall–Kier alpha value is -1.07. The van der Waals surface area contributed by atoms with Crippen LogP contribution in [0.5, 0.6) is 0 Å². The highest BCUT2D eigenvalue weighted by atomic mass is 35.5. The molecule has 2 aromatic rings. The zero-order valence-corrected chi connectivity index (χ0v) is 8.84. The molecule has 0 fully saturated rings. The summed E-state index contributed by atoms with van der Waals surface area (Å²) in [6, 6.07) is 5.36. The van der Waals surface area contributed by atoms with Crippen molar-refractivity contribution < 1.29 is 4.42 Å². The van der Waals surface area contributed by atoms with Crippen molar-refractivity contribution in [1.29, 1.82) is 0 Å². The van der Waals surface area contributed by atoms with Gasteiger partial charge in [-0.25, -0.2) is 4.98 Å². The molecule has 2 aromatic heterocycles. The van der Waals surface area contributed by atoms with Gasteiger partial charge in [-0.3, -0.25) is 0 Å². The maximum atomic E-state index is 5.73. The van der Waals surface area contributed by atoms with Gasteiger partial charge >= 0.3 is 0 Å². The molecule has 2 heterocycles. The molecule has 0 aliphatic rings. The second-order valence-corrected chi connectivity index (χ2v) is 3.85. The Labute approximate surface area is 89.7 Å². The van der Waals surface area contributed by atoms with Crippen LogP contribution in [0, 0.1) is 6.92 Å². The molecule has 0 spiro atoms. The molecule has 0 unspecified atom stereocenters. The first-order valence-electron chi connectivity index (χ1n) is 3.84. The average Bonchev–Trinajstić information content (AvgIpc) is 2.51. The smallest absolute Gasteiger partial charge is 0.282 e. The maximum Gasteiger partial charge on any atom is 0.282 e. The van der Waals surface area contributed by atoms with E-state index in [1.54, 1.807) is 13.0 Å². The standard InChI is InChI=1S/C8H6ClN3OS/c1-5-11-12-8(13-5)14-7-4-2-3-6(9)10-7/h2-4H,1H3. The van der Waals surface area contributed by atoms with Gasteiger partial charge in [0.05, 0.1) is 0 Å². The van der Waals surface area contributed by atoms with Crippen molar-refractivity contribution in [1.82, 2.24) is 15.2 Å². The van der Waals surface area contributed by atoms with Crippen LogP contribution in [-0.4, -0.2) is 15.2 Å². The van der Waals surface area contributed by atoms with Crippen LogP contribution in [0.15, 0.2) is 32.9 Å². The van der Waals surface area contributed by atoms with Crippen molar-refractivity contribution in [3.63, 3.8) is 0 Å². The van der Waals surface area contributed by atoms with Gasteiger partial charge in [-0.2, -0.15) is 0 Å². The molecule has 0 saturated heterocycles. The first kappa shape index (κ1) is 9.48. The predicted molar refractivity (Wildman–Crippen MR) is 52.4 cm³/mol. The molecule has 4 nitrogen and oxygen atoms in total. The van der Waals surface area contributed by atoms with E-state index in [2.05, 4.69) is 15.2 Å². The molecule has 72 valence electrons. The van der Waals surface area contributed by atoms with Crippen LogP contribution in [0.1, 0.15) is 5.89 Å². The summed E-state index contributed by atoms with van der Waals surface area (Å²) >= 11 is 7.01. The molecule has 0 aromatic carbocycles. The molecule has 0 bridgehead atoms. The highest BCUT2D eigenvalue weighted by molar-refractivity contribution is 7.99. The molecule has 0 saturated carbocycles. The van der Waals surface area contributed by atoms with Crippen molar-refractivity contribution in [2.75, 3.05) is 0 Å². The largest absolute Gasteiger partial charge is 0.416 e. The topological polar surface area (TPSA) is 51.8 Å². The third-order valence-electron chi connectivity index (χ3n) is 1.39. The molecule has 0 aliphatic heterocycles. The van der Waals surface area contributed by atoms with Crippen LogP contribution in [0.4, 0.5) is 0 Å². The van der Waals surface area contributed by atoms with E-state index < -0.39 is 0 Å². The highest BCUT2D eigenvalue weighted by Crippen LogP contribution is 2.25. The van der Waals surface area contributed by atoms with Crippen LogP contribution in [0.2, 0.25) is 5.15 Å². The number of aryl methyl sites for hydroxylation is 1. The monoisotopic (exact) mass is 227 g/mol. The second-order valence-electron chi connectivity index (χ2n) is 2.49.